The van der Waals surface area contributed by atoms with E-state index in [-0.39, 0.29) is 17.5 Å². The highest BCUT2D eigenvalue weighted by molar-refractivity contribution is 5.88. The maximum absolute atomic E-state index is 12.5. The van der Waals surface area contributed by atoms with Crippen LogP contribution in [0.2, 0.25) is 0 Å². The van der Waals surface area contributed by atoms with E-state index in [0.717, 1.165) is 32.2 Å². The number of aryl methyl sites for hydroxylation is 1. The van der Waals surface area contributed by atoms with Crippen molar-refractivity contribution in [2.24, 2.45) is 0 Å². The molecule has 0 saturated carbocycles. The number of hydrogen-bond donors (Lipinski definition) is 1. The van der Waals surface area contributed by atoms with Crippen LogP contribution in [0.5, 0.6) is 0 Å². The average molecular weight is 334 g/mol. The minimum atomic E-state index is -0.322. The zero-order valence-corrected chi connectivity index (χ0v) is 15.1. The number of rotatable bonds is 3. The molecule has 2 fully saturated rings. The quantitative estimate of drug-likeness (QED) is 0.922. The van der Waals surface area contributed by atoms with Crippen LogP contribution in [0.3, 0.4) is 0 Å². The Morgan fingerprint density at radius 1 is 1.12 bits per heavy atom. The highest BCUT2D eigenvalue weighted by atomic mass is 16.2. The molecule has 2 aliphatic heterocycles. The van der Waals surface area contributed by atoms with Crippen LogP contribution in [0.4, 0.5) is 0 Å². The molecular formula is C22H26N2O. The van der Waals surface area contributed by atoms with Crippen molar-refractivity contribution in [2.45, 2.75) is 44.2 Å². The molecule has 2 heterocycles. The summed E-state index contributed by atoms with van der Waals surface area (Å²) in [6, 6.07) is 17.8. The van der Waals surface area contributed by atoms with Gasteiger partial charge in [-0.3, -0.25) is 10.1 Å². The van der Waals surface area contributed by atoms with Crippen LogP contribution in [0, 0.1) is 0 Å². The Bertz CT molecular complexity index is 800. The summed E-state index contributed by atoms with van der Waals surface area (Å²) in [7, 11) is 1.91. The summed E-state index contributed by atoms with van der Waals surface area (Å²) >= 11 is 0. The Morgan fingerprint density at radius 2 is 1.88 bits per heavy atom. The van der Waals surface area contributed by atoms with E-state index in [1.54, 1.807) is 0 Å². The third kappa shape index (κ3) is 2.87. The van der Waals surface area contributed by atoms with E-state index in [9.17, 15) is 4.79 Å². The van der Waals surface area contributed by atoms with E-state index < -0.39 is 0 Å². The lowest BCUT2D eigenvalue weighted by Gasteiger charge is -2.23. The van der Waals surface area contributed by atoms with Crippen LogP contribution in [-0.4, -0.2) is 29.9 Å². The molecule has 2 aromatic carbocycles. The monoisotopic (exact) mass is 334 g/mol. The third-order valence-electron chi connectivity index (χ3n) is 5.90. The molecule has 1 N–H and O–H groups in total. The second-order valence-electron chi connectivity index (χ2n) is 7.47. The first kappa shape index (κ1) is 16.3. The first-order valence-electron chi connectivity index (χ1n) is 9.34. The Morgan fingerprint density at radius 3 is 2.60 bits per heavy atom. The van der Waals surface area contributed by atoms with Gasteiger partial charge in [-0.25, -0.2) is 0 Å². The lowest BCUT2D eigenvalue weighted by Crippen LogP contribution is -2.47. The summed E-state index contributed by atoms with van der Waals surface area (Å²) in [5.74, 6) is 0.266. The largest absolute Gasteiger partial charge is 0.344 e. The van der Waals surface area contributed by atoms with Crippen LogP contribution in [0.1, 0.15) is 43.4 Å². The molecule has 2 saturated heterocycles. The molecule has 2 atom stereocenters. The summed E-state index contributed by atoms with van der Waals surface area (Å²) in [6.07, 6.45) is 3.95. The molecule has 4 rings (SSSR count). The molecule has 25 heavy (non-hydrogen) atoms. The molecule has 0 bridgehead atoms. The molecule has 0 aliphatic carbocycles. The maximum Gasteiger partial charge on any atom is 0.242 e. The van der Waals surface area contributed by atoms with E-state index in [4.69, 9.17) is 0 Å². The van der Waals surface area contributed by atoms with Crippen LogP contribution in [-0.2, 0) is 11.2 Å². The maximum atomic E-state index is 12.5. The molecule has 130 valence electrons. The minimum Gasteiger partial charge on any atom is -0.344 e. The smallest absolute Gasteiger partial charge is 0.242 e. The van der Waals surface area contributed by atoms with Gasteiger partial charge >= 0.3 is 0 Å². The molecule has 3 heteroatoms. The number of nitrogens with one attached hydrogen (secondary N) is 1. The SMILES string of the molecule is CCc1cccc(-c2cccc([C@@H]3CC[C@]4(CCN(C)C4=O)N3)c2)c1. The minimum absolute atomic E-state index is 0.266. The number of likely N-dealkylation sites (N-methyl/N-ethyl adjacent to an activating group) is 1. The Kier molecular flexibility index (Phi) is 4.12. The predicted octanol–water partition coefficient (Wildman–Crippen LogP) is 3.94. The Hall–Kier alpha value is -2.13. The highest BCUT2D eigenvalue weighted by Crippen LogP contribution is 2.39. The van der Waals surface area contributed by atoms with Crippen molar-refractivity contribution in [3.63, 3.8) is 0 Å². The molecule has 3 nitrogen and oxygen atoms in total. The standard InChI is InChI=1S/C22H26N2O/c1-3-16-6-4-7-17(14-16)18-8-5-9-19(15-18)20-10-11-22(23-20)12-13-24(2)21(22)25/h4-9,14-15,20,23H,3,10-13H2,1-2H3/t20-,22+/m0/s1. The number of carbonyl (C=O) groups excluding carboxylic acids is 1. The van der Waals surface area contributed by atoms with Gasteiger partial charge in [0.15, 0.2) is 0 Å². The summed E-state index contributed by atoms with van der Waals surface area (Å²) < 4.78 is 0. The van der Waals surface area contributed by atoms with E-state index in [0.29, 0.717) is 0 Å². The fraction of sp³-hybridized carbons (Fsp3) is 0.409. The van der Waals surface area contributed by atoms with Crippen molar-refractivity contribution in [3.8, 4) is 11.1 Å². The number of likely N-dealkylation sites (tertiary alicyclic amines) is 1. The fourth-order valence-electron chi connectivity index (χ4n) is 4.32. The molecule has 0 radical (unpaired) electrons. The molecule has 2 aromatic rings. The second-order valence-corrected chi connectivity index (χ2v) is 7.47. The number of hydrogen-bond acceptors (Lipinski definition) is 2. The number of nitrogens with zero attached hydrogens (tertiary/aromatic N) is 1. The van der Waals surface area contributed by atoms with E-state index in [2.05, 4.69) is 60.8 Å². The lowest BCUT2D eigenvalue weighted by molar-refractivity contribution is -0.131. The summed E-state index contributed by atoms with van der Waals surface area (Å²) in [5, 5.41) is 3.67. The van der Waals surface area contributed by atoms with Crippen molar-refractivity contribution < 1.29 is 4.79 Å². The van der Waals surface area contributed by atoms with Gasteiger partial charge in [0.05, 0.1) is 0 Å². The van der Waals surface area contributed by atoms with Crippen LogP contribution < -0.4 is 5.32 Å². The van der Waals surface area contributed by atoms with Crippen LogP contribution in [0.15, 0.2) is 48.5 Å². The van der Waals surface area contributed by atoms with Gasteiger partial charge in [-0.05, 0) is 54.0 Å². The van der Waals surface area contributed by atoms with Crippen molar-refractivity contribution in [3.05, 3.63) is 59.7 Å². The molecule has 2 aliphatic rings. The molecule has 0 aromatic heterocycles. The molecule has 1 spiro atoms. The predicted molar refractivity (Wildman–Crippen MR) is 101 cm³/mol. The van der Waals surface area contributed by atoms with Gasteiger partial charge in [0, 0.05) is 19.6 Å². The first-order valence-corrected chi connectivity index (χ1v) is 9.34. The zero-order valence-electron chi connectivity index (χ0n) is 15.1. The zero-order chi connectivity index (χ0) is 17.4. The van der Waals surface area contributed by atoms with Gasteiger partial charge in [-0.2, -0.15) is 0 Å². The molecule has 0 unspecified atom stereocenters. The molecular weight excluding hydrogens is 308 g/mol. The molecule has 1 amide bonds. The van der Waals surface area contributed by atoms with Crippen LogP contribution in [0.25, 0.3) is 11.1 Å². The third-order valence-corrected chi connectivity index (χ3v) is 5.90. The average Bonchev–Trinajstić information content (AvgIpc) is 3.22. The van der Waals surface area contributed by atoms with Crippen molar-refractivity contribution in [1.29, 1.82) is 0 Å². The normalized spacial score (nSPS) is 25.9. The van der Waals surface area contributed by atoms with Crippen LogP contribution >= 0.6 is 0 Å². The van der Waals surface area contributed by atoms with Gasteiger partial charge in [-0.15, -0.1) is 0 Å². The van der Waals surface area contributed by atoms with E-state index in [1.165, 1.54) is 22.3 Å². The van der Waals surface area contributed by atoms with Gasteiger partial charge in [0.25, 0.3) is 0 Å². The van der Waals surface area contributed by atoms with E-state index in [1.807, 2.05) is 11.9 Å². The summed E-state index contributed by atoms with van der Waals surface area (Å²) in [4.78, 5) is 14.4. The number of benzene rings is 2. The first-order chi connectivity index (χ1) is 12.1. The Labute approximate surface area is 150 Å². The van der Waals surface area contributed by atoms with E-state index >= 15 is 0 Å². The van der Waals surface area contributed by atoms with Gasteiger partial charge < -0.3 is 4.90 Å². The van der Waals surface area contributed by atoms with Crippen molar-refractivity contribution in [2.75, 3.05) is 13.6 Å². The highest BCUT2D eigenvalue weighted by Gasteiger charge is 2.49. The fourth-order valence-corrected chi connectivity index (χ4v) is 4.32. The van der Waals surface area contributed by atoms with Gasteiger partial charge in [0.2, 0.25) is 5.91 Å². The number of carbonyl (C=O) groups is 1. The second kappa shape index (κ2) is 6.30. The van der Waals surface area contributed by atoms with Crippen molar-refractivity contribution in [1.82, 2.24) is 10.2 Å². The van der Waals surface area contributed by atoms with Gasteiger partial charge in [0.1, 0.15) is 5.54 Å². The van der Waals surface area contributed by atoms with Gasteiger partial charge in [-0.1, -0.05) is 49.4 Å². The Balaban J connectivity index is 1.59. The lowest BCUT2D eigenvalue weighted by atomic mass is 9.95. The van der Waals surface area contributed by atoms with Crippen molar-refractivity contribution >= 4 is 5.91 Å². The summed E-state index contributed by atoms with van der Waals surface area (Å²) in [5.41, 5.74) is 4.85. The summed E-state index contributed by atoms with van der Waals surface area (Å²) in [6.45, 7) is 3.05. The topological polar surface area (TPSA) is 32.3 Å². The number of amides is 1.